The molecule has 0 spiro atoms. The number of rotatable bonds is 22. The lowest BCUT2D eigenvalue weighted by Crippen LogP contribution is -3.00. The van der Waals surface area contributed by atoms with Gasteiger partial charge >= 0.3 is 0 Å². The molecule has 174 valence electrons. The third kappa shape index (κ3) is 25.6. The number of ketones is 1. The Kier molecular flexibility index (Phi) is 25.5. The number of carbonyl (C=O) groups is 1. The van der Waals surface area contributed by atoms with Gasteiger partial charge in [-0.15, -0.1) is 0 Å². The normalized spacial score (nSPS) is 10.9. The molecule has 0 radical (unpaired) electrons. The summed E-state index contributed by atoms with van der Waals surface area (Å²) in [4.78, 5) is 11.4. The number of Topliss-reactive ketones (excluding diaryl/α,β-unsaturated/α-hetero) is 1. The highest BCUT2D eigenvalue weighted by atomic mass is 35.5. The molecule has 0 aliphatic carbocycles. The van der Waals surface area contributed by atoms with Crippen molar-refractivity contribution in [3.05, 3.63) is 12.2 Å². The summed E-state index contributed by atoms with van der Waals surface area (Å²) in [6, 6.07) is 0. The van der Waals surface area contributed by atoms with Gasteiger partial charge in [-0.3, -0.25) is 4.79 Å². The second kappa shape index (κ2) is 23.9. The SMILES string of the molecule is C=C(C)C(=O)CC[NH2+]CCCCCCCCCCCCCCCCCC(C)C.[Cl-]. The second-order valence-corrected chi connectivity index (χ2v) is 9.31. The first kappa shape index (κ1) is 30.9. The minimum Gasteiger partial charge on any atom is -1.00 e. The van der Waals surface area contributed by atoms with Gasteiger partial charge in [-0.1, -0.05) is 110 Å². The first-order valence-corrected chi connectivity index (χ1v) is 12.5. The van der Waals surface area contributed by atoms with Gasteiger partial charge in [0.15, 0.2) is 5.78 Å². The summed E-state index contributed by atoms with van der Waals surface area (Å²) in [5.41, 5.74) is 0.695. The maximum absolute atomic E-state index is 11.4. The van der Waals surface area contributed by atoms with Crippen LogP contribution in [0.15, 0.2) is 12.2 Å². The molecule has 29 heavy (non-hydrogen) atoms. The van der Waals surface area contributed by atoms with E-state index in [-0.39, 0.29) is 18.2 Å². The van der Waals surface area contributed by atoms with E-state index in [2.05, 4.69) is 25.7 Å². The van der Waals surface area contributed by atoms with Crippen LogP contribution in [0.4, 0.5) is 0 Å². The zero-order chi connectivity index (χ0) is 20.9. The highest BCUT2D eigenvalue weighted by molar-refractivity contribution is 5.94. The average Bonchev–Trinajstić information content (AvgIpc) is 2.65. The molecule has 0 bridgehead atoms. The van der Waals surface area contributed by atoms with Gasteiger partial charge in [-0.2, -0.15) is 0 Å². The molecule has 0 atom stereocenters. The quantitative estimate of drug-likeness (QED) is 0.205. The summed E-state index contributed by atoms with van der Waals surface area (Å²) >= 11 is 0. The van der Waals surface area contributed by atoms with E-state index >= 15 is 0 Å². The van der Waals surface area contributed by atoms with Gasteiger partial charge in [0.2, 0.25) is 0 Å². The van der Waals surface area contributed by atoms with Gasteiger partial charge in [0.1, 0.15) is 0 Å². The zero-order valence-corrected chi connectivity index (χ0v) is 20.8. The molecule has 2 N–H and O–H groups in total. The van der Waals surface area contributed by atoms with Crippen LogP contribution in [0.25, 0.3) is 0 Å². The molecular weight excluding hydrogens is 378 g/mol. The lowest BCUT2D eigenvalue weighted by molar-refractivity contribution is -0.654. The minimum atomic E-state index is 0. The highest BCUT2D eigenvalue weighted by Crippen LogP contribution is 2.14. The van der Waals surface area contributed by atoms with Crippen molar-refractivity contribution in [1.82, 2.24) is 0 Å². The number of allylic oxidation sites excluding steroid dienone is 1. The molecule has 0 aliphatic heterocycles. The van der Waals surface area contributed by atoms with E-state index in [0.29, 0.717) is 12.0 Å². The van der Waals surface area contributed by atoms with E-state index in [4.69, 9.17) is 0 Å². The highest BCUT2D eigenvalue weighted by Gasteiger charge is 2.02. The van der Waals surface area contributed by atoms with E-state index in [9.17, 15) is 4.79 Å². The summed E-state index contributed by atoms with van der Waals surface area (Å²) in [7, 11) is 0. The Bertz CT molecular complexity index is 368. The molecule has 0 saturated heterocycles. The first-order valence-electron chi connectivity index (χ1n) is 12.5. The van der Waals surface area contributed by atoms with Crippen molar-refractivity contribution in [2.45, 2.75) is 130 Å². The lowest BCUT2D eigenvalue weighted by atomic mass is 10.0. The largest absolute Gasteiger partial charge is 1.00 e. The molecule has 0 saturated carbocycles. The molecule has 0 aromatic heterocycles. The monoisotopic (exact) mass is 429 g/mol. The van der Waals surface area contributed by atoms with Crippen LogP contribution in [0.5, 0.6) is 0 Å². The average molecular weight is 430 g/mol. The summed E-state index contributed by atoms with van der Waals surface area (Å²) in [6.45, 7) is 12.3. The van der Waals surface area contributed by atoms with Crippen LogP contribution < -0.4 is 17.7 Å². The molecule has 0 aromatic rings. The maximum Gasteiger partial charge on any atom is 0.163 e. The maximum atomic E-state index is 11.4. The molecule has 0 aromatic carbocycles. The smallest absolute Gasteiger partial charge is 0.163 e. The lowest BCUT2D eigenvalue weighted by Gasteiger charge is -2.05. The third-order valence-corrected chi connectivity index (χ3v) is 5.74. The van der Waals surface area contributed by atoms with Gasteiger partial charge in [0.05, 0.1) is 19.5 Å². The van der Waals surface area contributed by atoms with Crippen LogP contribution >= 0.6 is 0 Å². The standard InChI is InChI=1S/C26H51NO.ClH/c1-24(2)20-18-16-14-12-10-8-6-5-7-9-11-13-15-17-19-22-27-23-21-26(28)25(3)4;/h24,27H,3,5-23H2,1-2,4H3;1H. The predicted octanol–water partition coefficient (Wildman–Crippen LogP) is 3.99. The van der Waals surface area contributed by atoms with E-state index < -0.39 is 0 Å². The summed E-state index contributed by atoms with van der Waals surface area (Å²) in [5, 5.41) is 2.28. The topological polar surface area (TPSA) is 33.7 Å². The summed E-state index contributed by atoms with van der Waals surface area (Å²) in [5.74, 6) is 1.10. The predicted molar refractivity (Wildman–Crippen MR) is 125 cm³/mol. The molecule has 0 fully saturated rings. The number of quaternary nitrogens is 1. The second-order valence-electron chi connectivity index (χ2n) is 9.31. The molecule has 0 aliphatic rings. The Morgan fingerprint density at radius 1 is 0.690 bits per heavy atom. The minimum absolute atomic E-state index is 0. The van der Waals surface area contributed by atoms with Crippen molar-refractivity contribution in [3.8, 4) is 0 Å². The van der Waals surface area contributed by atoms with E-state index in [1.165, 1.54) is 109 Å². The molecule has 3 heteroatoms. The number of nitrogens with two attached hydrogens (primary N) is 1. The number of carbonyl (C=O) groups excluding carboxylic acids is 1. The molecule has 2 nitrogen and oxygen atoms in total. The van der Waals surface area contributed by atoms with Crippen LogP contribution in [0.3, 0.4) is 0 Å². The van der Waals surface area contributed by atoms with Crippen molar-refractivity contribution < 1.29 is 22.5 Å². The molecule has 0 heterocycles. The Balaban J connectivity index is 0. The molecule has 0 rings (SSSR count). The van der Waals surface area contributed by atoms with Crippen molar-refractivity contribution in [2.24, 2.45) is 5.92 Å². The number of unbranched alkanes of at least 4 members (excludes halogenated alkanes) is 14. The fourth-order valence-corrected chi connectivity index (χ4v) is 3.73. The van der Waals surface area contributed by atoms with Crippen LogP contribution in [0, 0.1) is 5.92 Å². The Hall–Kier alpha value is -0.340. The zero-order valence-electron chi connectivity index (χ0n) is 20.1. The number of halogens is 1. The van der Waals surface area contributed by atoms with Crippen molar-refractivity contribution >= 4 is 5.78 Å². The molecule has 0 amide bonds. The Morgan fingerprint density at radius 2 is 1.07 bits per heavy atom. The van der Waals surface area contributed by atoms with Gasteiger partial charge in [0, 0.05) is 0 Å². The van der Waals surface area contributed by atoms with Gasteiger partial charge in [0.25, 0.3) is 0 Å². The first-order chi connectivity index (χ1) is 13.5. The van der Waals surface area contributed by atoms with E-state index in [1.807, 2.05) is 0 Å². The van der Waals surface area contributed by atoms with Crippen LogP contribution in [0.1, 0.15) is 130 Å². The van der Waals surface area contributed by atoms with Gasteiger partial charge in [-0.25, -0.2) is 0 Å². The fourth-order valence-electron chi connectivity index (χ4n) is 3.73. The van der Waals surface area contributed by atoms with Crippen molar-refractivity contribution in [3.63, 3.8) is 0 Å². The van der Waals surface area contributed by atoms with Crippen LogP contribution in [-0.2, 0) is 4.79 Å². The molecular formula is C26H52ClNO. The van der Waals surface area contributed by atoms with Crippen LogP contribution in [0.2, 0.25) is 0 Å². The van der Waals surface area contributed by atoms with Crippen LogP contribution in [-0.4, -0.2) is 18.9 Å². The van der Waals surface area contributed by atoms with E-state index in [0.717, 1.165) is 12.5 Å². The molecule has 0 unspecified atom stereocenters. The van der Waals surface area contributed by atoms with Crippen molar-refractivity contribution in [2.75, 3.05) is 13.1 Å². The van der Waals surface area contributed by atoms with Gasteiger partial charge < -0.3 is 17.7 Å². The van der Waals surface area contributed by atoms with E-state index in [1.54, 1.807) is 6.92 Å². The van der Waals surface area contributed by atoms with Crippen molar-refractivity contribution in [1.29, 1.82) is 0 Å². The Morgan fingerprint density at radius 3 is 1.45 bits per heavy atom. The third-order valence-electron chi connectivity index (χ3n) is 5.74. The summed E-state index contributed by atoms with van der Waals surface area (Å²) in [6.07, 6.45) is 23.4. The fraction of sp³-hybridized carbons (Fsp3) is 0.885. The Labute approximate surface area is 189 Å². The number of hydrogen-bond acceptors (Lipinski definition) is 1. The number of hydrogen-bond donors (Lipinski definition) is 1. The van der Waals surface area contributed by atoms with Gasteiger partial charge in [-0.05, 0) is 31.3 Å². The summed E-state index contributed by atoms with van der Waals surface area (Å²) < 4.78 is 0.